The van der Waals surface area contributed by atoms with E-state index in [4.69, 9.17) is 0 Å². The number of aryl methyl sites for hydroxylation is 1. The number of hydrogen-bond donors (Lipinski definition) is 2. The zero-order chi connectivity index (χ0) is 12.3. The van der Waals surface area contributed by atoms with Crippen LogP contribution in [-0.4, -0.2) is 16.2 Å². The molecule has 0 aliphatic rings. The Morgan fingerprint density at radius 3 is 2.53 bits per heavy atom. The van der Waals surface area contributed by atoms with Crippen molar-refractivity contribution in [1.82, 2.24) is 10.2 Å². The number of nitrogens with one attached hydrogen (secondary N) is 2. The monoisotopic (exact) mass is 229 g/mol. The van der Waals surface area contributed by atoms with Crippen LogP contribution < -0.4 is 5.32 Å². The second-order valence-electron chi connectivity index (χ2n) is 4.52. The van der Waals surface area contributed by atoms with Crippen LogP contribution in [0.25, 0.3) is 11.3 Å². The first-order valence-electron chi connectivity index (χ1n) is 6.10. The minimum atomic E-state index is 0.397. The van der Waals surface area contributed by atoms with Gasteiger partial charge < -0.3 is 5.32 Å². The second-order valence-corrected chi connectivity index (χ2v) is 4.52. The number of hydrogen-bond acceptors (Lipinski definition) is 2. The Balaban J connectivity index is 2.18. The first-order valence-corrected chi connectivity index (χ1v) is 6.10. The van der Waals surface area contributed by atoms with Crippen molar-refractivity contribution in [2.24, 2.45) is 0 Å². The third kappa shape index (κ3) is 2.87. The van der Waals surface area contributed by atoms with Crippen molar-refractivity contribution in [2.45, 2.75) is 33.2 Å². The molecule has 3 nitrogen and oxygen atoms in total. The quantitative estimate of drug-likeness (QED) is 0.843. The molecular formula is C14H19N3. The standard InChI is InChI=1S/C14H19N3/c1-4-11-5-7-12(8-6-11)13-9-14(17-16-13)15-10(2)3/h5-10H,4H2,1-3H3,(H2,15,16,17). The van der Waals surface area contributed by atoms with E-state index in [0.29, 0.717) is 6.04 Å². The van der Waals surface area contributed by atoms with Crippen LogP contribution in [0.15, 0.2) is 30.3 Å². The van der Waals surface area contributed by atoms with Crippen molar-refractivity contribution in [3.8, 4) is 11.3 Å². The molecule has 2 N–H and O–H groups in total. The van der Waals surface area contributed by atoms with Crippen molar-refractivity contribution in [3.05, 3.63) is 35.9 Å². The fourth-order valence-electron chi connectivity index (χ4n) is 1.76. The number of benzene rings is 1. The summed E-state index contributed by atoms with van der Waals surface area (Å²) in [4.78, 5) is 0. The molecule has 0 saturated carbocycles. The molecule has 0 amide bonds. The van der Waals surface area contributed by atoms with Gasteiger partial charge in [0.1, 0.15) is 5.82 Å². The summed E-state index contributed by atoms with van der Waals surface area (Å²) in [5, 5.41) is 10.6. The summed E-state index contributed by atoms with van der Waals surface area (Å²) in [5.74, 6) is 0.898. The van der Waals surface area contributed by atoms with E-state index in [2.05, 4.69) is 60.6 Å². The van der Waals surface area contributed by atoms with Crippen molar-refractivity contribution < 1.29 is 0 Å². The van der Waals surface area contributed by atoms with E-state index < -0.39 is 0 Å². The molecule has 3 heteroatoms. The maximum Gasteiger partial charge on any atom is 0.148 e. The lowest BCUT2D eigenvalue weighted by atomic mass is 10.1. The van der Waals surface area contributed by atoms with Crippen LogP contribution in [0.3, 0.4) is 0 Å². The smallest absolute Gasteiger partial charge is 0.148 e. The minimum Gasteiger partial charge on any atom is -0.366 e. The molecule has 2 rings (SSSR count). The molecule has 0 spiro atoms. The van der Waals surface area contributed by atoms with Crippen LogP contribution >= 0.6 is 0 Å². The Labute approximate surface area is 102 Å². The highest BCUT2D eigenvalue weighted by Crippen LogP contribution is 2.20. The molecule has 17 heavy (non-hydrogen) atoms. The van der Waals surface area contributed by atoms with Crippen molar-refractivity contribution in [2.75, 3.05) is 5.32 Å². The average Bonchev–Trinajstić information content (AvgIpc) is 2.77. The number of aromatic amines is 1. The first kappa shape index (κ1) is 11.7. The highest BCUT2D eigenvalue weighted by atomic mass is 15.2. The number of aromatic nitrogens is 2. The predicted octanol–water partition coefficient (Wildman–Crippen LogP) is 3.46. The summed E-state index contributed by atoms with van der Waals surface area (Å²) in [6, 6.07) is 11.0. The molecule has 0 aliphatic heterocycles. The molecule has 1 aromatic carbocycles. The molecule has 0 atom stereocenters. The summed E-state index contributed by atoms with van der Waals surface area (Å²) in [7, 11) is 0. The van der Waals surface area contributed by atoms with Gasteiger partial charge in [0.15, 0.2) is 0 Å². The third-order valence-corrected chi connectivity index (χ3v) is 2.69. The topological polar surface area (TPSA) is 40.7 Å². The highest BCUT2D eigenvalue weighted by molar-refractivity contribution is 5.63. The van der Waals surface area contributed by atoms with Gasteiger partial charge in [0.2, 0.25) is 0 Å². The molecule has 1 heterocycles. The zero-order valence-electron chi connectivity index (χ0n) is 10.6. The summed E-state index contributed by atoms with van der Waals surface area (Å²) in [6.07, 6.45) is 1.07. The Morgan fingerprint density at radius 1 is 1.24 bits per heavy atom. The van der Waals surface area contributed by atoms with Gasteiger partial charge in [-0.3, -0.25) is 5.10 Å². The van der Waals surface area contributed by atoms with Gasteiger partial charge in [0.25, 0.3) is 0 Å². The van der Waals surface area contributed by atoms with Gasteiger partial charge in [-0.2, -0.15) is 5.10 Å². The summed E-state index contributed by atoms with van der Waals surface area (Å²) < 4.78 is 0. The zero-order valence-corrected chi connectivity index (χ0v) is 10.6. The van der Waals surface area contributed by atoms with Crippen molar-refractivity contribution >= 4 is 5.82 Å². The Bertz CT molecular complexity index is 468. The van der Waals surface area contributed by atoms with E-state index in [-0.39, 0.29) is 0 Å². The highest BCUT2D eigenvalue weighted by Gasteiger charge is 2.04. The van der Waals surface area contributed by atoms with E-state index in [9.17, 15) is 0 Å². The summed E-state index contributed by atoms with van der Waals surface area (Å²) in [6.45, 7) is 6.37. The van der Waals surface area contributed by atoms with Gasteiger partial charge in [0, 0.05) is 12.1 Å². The summed E-state index contributed by atoms with van der Waals surface area (Å²) in [5.41, 5.74) is 3.58. The average molecular weight is 229 g/mol. The molecule has 0 fully saturated rings. The van der Waals surface area contributed by atoms with Crippen LogP contribution in [0.5, 0.6) is 0 Å². The minimum absolute atomic E-state index is 0.397. The SMILES string of the molecule is CCc1ccc(-c2cc(NC(C)C)n[nH]2)cc1. The number of nitrogens with zero attached hydrogens (tertiary/aromatic N) is 1. The van der Waals surface area contributed by atoms with Crippen LogP contribution in [-0.2, 0) is 6.42 Å². The molecule has 0 bridgehead atoms. The lowest BCUT2D eigenvalue weighted by Gasteiger charge is -2.04. The van der Waals surface area contributed by atoms with Gasteiger partial charge in [-0.25, -0.2) is 0 Å². The molecule has 0 saturated heterocycles. The van der Waals surface area contributed by atoms with Gasteiger partial charge >= 0.3 is 0 Å². The van der Waals surface area contributed by atoms with Crippen LogP contribution in [0.2, 0.25) is 0 Å². The van der Waals surface area contributed by atoms with Crippen LogP contribution in [0.1, 0.15) is 26.3 Å². The Morgan fingerprint density at radius 2 is 1.94 bits per heavy atom. The molecule has 1 aromatic heterocycles. The molecule has 0 radical (unpaired) electrons. The number of H-pyrrole nitrogens is 1. The van der Waals surface area contributed by atoms with E-state index >= 15 is 0 Å². The van der Waals surface area contributed by atoms with Crippen molar-refractivity contribution in [3.63, 3.8) is 0 Å². The maximum absolute atomic E-state index is 4.24. The first-order chi connectivity index (χ1) is 8.19. The third-order valence-electron chi connectivity index (χ3n) is 2.69. The maximum atomic E-state index is 4.24. The fourth-order valence-corrected chi connectivity index (χ4v) is 1.76. The molecule has 0 aliphatic carbocycles. The molecule has 2 aromatic rings. The number of rotatable bonds is 4. The van der Waals surface area contributed by atoms with E-state index in [1.165, 1.54) is 11.1 Å². The van der Waals surface area contributed by atoms with Crippen LogP contribution in [0, 0.1) is 0 Å². The molecule has 0 unspecified atom stereocenters. The van der Waals surface area contributed by atoms with Gasteiger partial charge in [0.05, 0.1) is 5.69 Å². The normalized spacial score (nSPS) is 10.8. The van der Waals surface area contributed by atoms with E-state index in [1.807, 2.05) is 6.07 Å². The number of anilines is 1. The summed E-state index contributed by atoms with van der Waals surface area (Å²) >= 11 is 0. The van der Waals surface area contributed by atoms with E-state index in [0.717, 1.165) is 17.9 Å². The lowest BCUT2D eigenvalue weighted by Crippen LogP contribution is -2.09. The van der Waals surface area contributed by atoms with Gasteiger partial charge in [-0.1, -0.05) is 31.2 Å². The van der Waals surface area contributed by atoms with E-state index in [1.54, 1.807) is 0 Å². The second kappa shape index (κ2) is 5.04. The Hall–Kier alpha value is -1.77. The van der Waals surface area contributed by atoms with Gasteiger partial charge in [-0.05, 0) is 31.4 Å². The molecule has 90 valence electrons. The Kier molecular flexibility index (Phi) is 3.47. The fraction of sp³-hybridized carbons (Fsp3) is 0.357. The largest absolute Gasteiger partial charge is 0.366 e. The molecular weight excluding hydrogens is 210 g/mol. The van der Waals surface area contributed by atoms with Crippen LogP contribution in [0.4, 0.5) is 5.82 Å². The van der Waals surface area contributed by atoms with Crippen molar-refractivity contribution in [1.29, 1.82) is 0 Å². The predicted molar refractivity (Wildman–Crippen MR) is 72.2 cm³/mol. The van der Waals surface area contributed by atoms with Gasteiger partial charge in [-0.15, -0.1) is 0 Å². The lowest BCUT2D eigenvalue weighted by molar-refractivity contribution is 0.884.